The summed E-state index contributed by atoms with van der Waals surface area (Å²) in [5.41, 5.74) is 6.58. The number of anilines is 2. The van der Waals surface area contributed by atoms with Crippen LogP contribution in [0.2, 0.25) is 0 Å². The maximum Gasteiger partial charge on any atom is 0.0730 e. The van der Waals surface area contributed by atoms with Gasteiger partial charge in [-0.15, -0.1) is 12.4 Å². The summed E-state index contributed by atoms with van der Waals surface area (Å²) in [5, 5.41) is 12.2. The van der Waals surface area contributed by atoms with Gasteiger partial charge in [-0.2, -0.15) is 0 Å². The van der Waals surface area contributed by atoms with E-state index >= 15 is 0 Å². The van der Waals surface area contributed by atoms with Crippen molar-refractivity contribution in [1.82, 2.24) is 9.97 Å². The molecule has 4 aromatic carbocycles. The van der Waals surface area contributed by atoms with Crippen molar-refractivity contribution in [1.29, 1.82) is 0 Å². The molecule has 2 N–H and O–H groups in total. The molecule has 6 aromatic rings. The Balaban J connectivity index is 0.00000280. The van der Waals surface area contributed by atoms with Crippen molar-refractivity contribution in [2.24, 2.45) is 0 Å². The zero-order valence-electron chi connectivity index (χ0n) is 20.8. The second-order valence-corrected chi connectivity index (χ2v) is 9.31. The average molecular weight is 507 g/mol. The molecular formula is C32H31ClN4. The van der Waals surface area contributed by atoms with Gasteiger partial charge in [0.15, 0.2) is 0 Å². The van der Waals surface area contributed by atoms with Crippen molar-refractivity contribution in [3.8, 4) is 0 Å². The van der Waals surface area contributed by atoms with Gasteiger partial charge < -0.3 is 10.6 Å². The minimum Gasteiger partial charge on any atom is -0.384 e. The number of nitrogens with one attached hydrogen (secondary N) is 2. The number of aromatic nitrogens is 2. The molecule has 0 aliphatic heterocycles. The number of para-hydroxylation sites is 4. The van der Waals surface area contributed by atoms with E-state index in [0.717, 1.165) is 48.0 Å². The second kappa shape index (κ2) is 11.4. The predicted octanol–water partition coefficient (Wildman–Crippen LogP) is 8.60. The number of hydrogen-bond acceptors (Lipinski definition) is 4. The van der Waals surface area contributed by atoms with E-state index in [4.69, 9.17) is 9.97 Å². The van der Waals surface area contributed by atoms with E-state index in [1.54, 1.807) is 0 Å². The smallest absolute Gasteiger partial charge is 0.0730 e. The molecular weight excluding hydrogens is 476 g/mol. The standard InChI is InChI=1S/C32H30N4.ClH/c1(11-21-33-31-23-13-3-7-17-27(23)35-28-18-8-4-14-24(28)31)2-12-22-34-32-25-15-5-9-19-29(25)36-30-20-10-6-16-26(30)32;/h3-10,13-20H,1-2,11-12,21-22H2,(H,33,35)(H,34,36);1H. The Morgan fingerprint density at radius 2 is 0.703 bits per heavy atom. The van der Waals surface area contributed by atoms with Crippen LogP contribution in [0.15, 0.2) is 97.1 Å². The predicted molar refractivity (Wildman–Crippen MR) is 161 cm³/mol. The summed E-state index contributed by atoms with van der Waals surface area (Å²) in [4.78, 5) is 9.66. The molecule has 186 valence electrons. The molecule has 0 spiro atoms. The molecule has 6 rings (SSSR count). The zero-order valence-corrected chi connectivity index (χ0v) is 21.6. The Morgan fingerprint density at radius 1 is 0.405 bits per heavy atom. The van der Waals surface area contributed by atoms with Gasteiger partial charge in [-0.1, -0.05) is 85.6 Å². The Bertz CT molecular complexity index is 1430. The van der Waals surface area contributed by atoms with Crippen LogP contribution in [-0.2, 0) is 0 Å². The molecule has 0 amide bonds. The maximum atomic E-state index is 4.83. The molecule has 0 saturated carbocycles. The van der Waals surface area contributed by atoms with E-state index in [1.807, 2.05) is 0 Å². The largest absolute Gasteiger partial charge is 0.384 e. The first-order chi connectivity index (χ1) is 17.9. The first-order valence-corrected chi connectivity index (χ1v) is 12.9. The van der Waals surface area contributed by atoms with Crippen molar-refractivity contribution in [3.63, 3.8) is 0 Å². The van der Waals surface area contributed by atoms with Crippen molar-refractivity contribution < 1.29 is 0 Å². The third-order valence-corrected chi connectivity index (χ3v) is 6.88. The summed E-state index contributed by atoms with van der Waals surface area (Å²) in [6, 6.07) is 33.6. The highest BCUT2D eigenvalue weighted by molar-refractivity contribution is 6.08. The highest BCUT2D eigenvalue weighted by Crippen LogP contribution is 2.32. The van der Waals surface area contributed by atoms with Crippen LogP contribution < -0.4 is 10.6 Å². The van der Waals surface area contributed by atoms with Crippen LogP contribution in [0.25, 0.3) is 43.6 Å². The number of halogens is 1. The van der Waals surface area contributed by atoms with E-state index in [-0.39, 0.29) is 12.4 Å². The van der Waals surface area contributed by atoms with Gasteiger partial charge in [0.05, 0.1) is 33.4 Å². The molecule has 5 heteroatoms. The highest BCUT2D eigenvalue weighted by Gasteiger charge is 2.09. The van der Waals surface area contributed by atoms with Crippen LogP contribution in [0.5, 0.6) is 0 Å². The lowest BCUT2D eigenvalue weighted by atomic mass is 10.1. The minimum absolute atomic E-state index is 0. The number of benzene rings is 4. The Kier molecular flexibility index (Phi) is 7.67. The normalized spacial score (nSPS) is 11.1. The van der Waals surface area contributed by atoms with Gasteiger partial charge in [-0.25, -0.2) is 9.97 Å². The number of rotatable bonds is 9. The Hall–Kier alpha value is -3.89. The van der Waals surface area contributed by atoms with Crippen molar-refractivity contribution in [2.45, 2.75) is 25.7 Å². The van der Waals surface area contributed by atoms with Gasteiger partial charge in [0.1, 0.15) is 0 Å². The number of nitrogens with zero attached hydrogens (tertiary/aromatic N) is 2. The number of pyridine rings is 2. The summed E-state index contributed by atoms with van der Waals surface area (Å²) < 4.78 is 0. The fraction of sp³-hybridized carbons (Fsp3) is 0.188. The molecule has 0 fully saturated rings. The van der Waals surface area contributed by atoms with Crippen LogP contribution in [0.1, 0.15) is 25.7 Å². The summed E-state index contributed by atoms with van der Waals surface area (Å²) in [5.74, 6) is 0. The summed E-state index contributed by atoms with van der Waals surface area (Å²) in [7, 11) is 0. The summed E-state index contributed by atoms with van der Waals surface area (Å²) in [6.07, 6.45) is 4.69. The van der Waals surface area contributed by atoms with Gasteiger partial charge in [0.25, 0.3) is 0 Å². The van der Waals surface area contributed by atoms with Gasteiger partial charge in [0.2, 0.25) is 0 Å². The van der Waals surface area contributed by atoms with Gasteiger partial charge in [-0.05, 0) is 37.1 Å². The molecule has 0 bridgehead atoms. The fourth-order valence-corrected chi connectivity index (χ4v) is 5.09. The highest BCUT2D eigenvalue weighted by atomic mass is 35.5. The quantitative estimate of drug-likeness (QED) is 0.152. The number of unbranched alkanes of at least 4 members (excludes halogenated alkanes) is 3. The fourth-order valence-electron chi connectivity index (χ4n) is 5.09. The summed E-state index contributed by atoms with van der Waals surface area (Å²) >= 11 is 0. The van der Waals surface area contributed by atoms with E-state index < -0.39 is 0 Å². The SMILES string of the molecule is Cl.c1ccc2c(NCCCCCCNc3c4ccccc4nc4ccccc34)c3ccccc3nc2c1. The molecule has 0 atom stereocenters. The molecule has 0 radical (unpaired) electrons. The van der Waals surface area contributed by atoms with Crippen molar-refractivity contribution in [2.75, 3.05) is 23.7 Å². The van der Waals surface area contributed by atoms with Crippen LogP contribution >= 0.6 is 12.4 Å². The Morgan fingerprint density at radius 3 is 1.03 bits per heavy atom. The van der Waals surface area contributed by atoms with Gasteiger partial charge in [-0.3, -0.25) is 0 Å². The van der Waals surface area contributed by atoms with Crippen LogP contribution in [-0.4, -0.2) is 23.1 Å². The Labute approximate surface area is 223 Å². The molecule has 0 unspecified atom stereocenters. The van der Waals surface area contributed by atoms with Crippen LogP contribution in [0.4, 0.5) is 11.4 Å². The zero-order chi connectivity index (χ0) is 24.2. The van der Waals surface area contributed by atoms with E-state index in [2.05, 4.69) is 108 Å². The topological polar surface area (TPSA) is 49.8 Å². The molecule has 37 heavy (non-hydrogen) atoms. The van der Waals surface area contributed by atoms with E-state index in [0.29, 0.717) is 0 Å². The third kappa shape index (κ3) is 5.16. The molecule has 2 aromatic heterocycles. The third-order valence-electron chi connectivity index (χ3n) is 6.88. The first kappa shape index (κ1) is 24.8. The molecule has 0 aliphatic rings. The van der Waals surface area contributed by atoms with E-state index in [1.165, 1.54) is 45.8 Å². The lowest BCUT2D eigenvalue weighted by molar-refractivity contribution is 0.671. The molecule has 2 heterocycles. The number of hydrogen-bond donors (Lipinski definition) is 2. The van der Waals surface area contributed by atoms with Crippen molar-refractivity contribution in [3.05, 3.63) is 97.1 Å². The molecule has 0 aliphatic carbocycles. The minimum atomic E-state index is 0. The molecule has 4 nitrogen and oxygen atoms in total. The van der Waals surface area contributed by atoms with Crippen LogP contribution in [0.3, 0.4) is 0 Å². The second-order valence-electron chi connectivity index (χ2n) is 9.31. The lowest BCUT2D eigenvalue weighted by Gasteiger charge is -2.14. The van der Waals surface area contributed by atoms with Gasteiger partial charge >= 0.3 is 0 Å². The number of fused-ring (bicyclic) bond motifs is 4. The van der Waals surface area contributed by atoms with Crippen molar-refractivity contribution >= 4 is 67.4 Å². The monoisotopic (exact) mass is 506 g/mol. The maximum absolute atomic E-state index is 4.83. The summed E-state index contributed by atoms with van der Waals surface area (Å²) in [6.45, 7) is 1.93. The van der Waals surface area contributed by atoms with Crippen LogP contribution in [0, 0.1) is 0 Å². The lowest BCUT2D eigenvalue weighted by Crippen LogP contribution is -2.05. The first-order valence-electron chi connectivity index (χ1n) is 12.9. The van der Waals surface area contributed by atoms with Gasteiger partial charge in [0, 0.05) is 34.6 Å². The molecule has 0 saturated heterocycles. The van der Waals surface area contributed by atoms with E-state index in [9.17, 15) is 0 Å². The average Bonchev–Trinajstić information content (AvgIpc) is 2.93.